The zero-order valence-corrected chi connectivity index (χ0v) is 16.1. The molecule has 2 aromatic carbocycles. The average molecular weight is 393 g/mol. The Labute approximate surface area is 162 Å². The number of halogens is 4. The van der Waals surface area contributed by atoms with Crippen molar-refractivity contribution in [1.82, 2.24) is 4.90 Å². The van der Waals surface area contributed by atoms with E-state index in [9.17, 15) is 18.0 Å². The van der Waals surface area contributed by atoms with Crippen molar-refractivity contribution in [3.05, 3.63) is 59.4 Å². The first-order valence-corrected chi connectivity index (χ1v) is 9.38. The van der Waals surface area contributed by atoms with Crippen molar-refractivity contribution in [3.8, 4) is 11.1 Å². The molecule has 3 rings (SSSR count). The fraction of sp³-hybridized carbons (Fsp3) is 0.409. The van der Waals surface area contributed by atoms with E-state index in [1.165, 1.54) is 17.0 Å². The van der Waals surface area contributed by atoms with Gasteiger partial charge in [0.2, 0.25) is 5.91 Å². The lowest BCUT2D eigenvalue weighted by Gasteiger charge is -2.28. The highest BCUT2D eigenvalue weighted by Gasteiger charge is 2.42. The van der Waals surface area contributed by atoms with E-state index < -0.39 is 35.6 Å². The lowest BCUT2D eigenvalue weighted by Crippen LogP contribution is -2.41. The molecule has 1 fully saturated rings. The van der Waals surface area contributed by atoms with Crippen LogP contribution in [-0.2, 0) is 11.2 Å². The van der Waals surface area contributed by atoms with Crippen molar-refractivity contribution in [1.29, 1.82) is 0 Å². The summed E-state index contributed by atoms with van der Waals surface area (Å²) in [6.07, 6.45) is -1.07. The van der Waals surface area contributed by atoms with Crippen LogP contribution in [0.2, 0.25) is 0 Å². The molecule has 0 bridgehead atoms. The summed E-state index contributed by atoms with van der Waals surface area (Å²) >= 11 is 0. The largest absolute Gasteiger partial charge is 0.336 e. The van der Waals surface area contributed by atoms with Gasteiger partial charge in [0.25, 0.3) is 0 Å². The van der Waals surface area contributed by atoms with Crippen LogP contribution in [0, 0.1) is 29.3 Å². The zero-order chi connectivity index (χ0) is 20.6. The lowest BCUT2D eigenvalue weighted by molar-refractivity contribution is -0.135. The Kier molecular flexibility index (Phi) is 5.77. The molecule has 2 nitrogen and oxygen atoms in total. The topological polar surface area (TPSA) is 20.3 Å². The third-order valence-electron chi connectivity index (χ3n) is 5.45. The van der Waals surface area contributed by atoms with Crippen LogP contribution in [-0.4, -0.2) is 29.6 Å². The van der Waals surface area contributed by atoms with E-state index in [0.717, 1.165) is 18.2 Å². The molecule has 28 heavy (non-hydrogen) atoms. The number of nitrogens with zero attached hydrogens (tertiary/aromatic N) is 1. The molecule has 0 unspecified atom stereocenters. The van der Waals surface area contributed by atoms with Gasteiger partial charge in [-0.2, -0.15) is 0 Å². The molecular formula is C22H23F4NO. The third kappa shape index (κ3) is 3.77. The minimum Gasteiger partial charge on any atom is -0.336 e. The number of rotatable bonds is 4. The van der Waals surface area contributed by atoms with Gasteiger partial charge in [-0.25, -0.2) is 17.6 Å². The molecule has 1 heterocycles. The van der Waals surface area contributed by atoms with Gasteiger partial charge in [0.15, 0.2) is 0 Å². The summed E-state index contributed by atoms with van der Waals surface area (Å²) in [5, 5.41) is 0. The Hall–Kier alpha value is -2.37. The second-order valence-corrected chi connectivity index (χ2v) is 7.69. The zero-order valence-electron chi connectivity index (χ0n) is 16.1. The molecule has 1 amide bonds. The fourth-order valence-electron chi connectivity index (χ4n) is 3.77. The van der Waals surface area contributed by atoms with Crippen molar-refractivity contribution in [2.45, 2.75) is 39.4 Å². The number of hydrogen-bond acceptors (Lipinski definition) is 1. The van der Waals surface area contributed by atoms with Crippen LogP contribution in [0.3, 0.4) is 0 Å². The van der Waals surface area contributed by atoms with Gasteiger partial charge in [-0.05, 0) is 30.2 Å². The maximum Gasteiger partial charge on any atom is 0.225 e. The molecular weight excluding hydrogens is 370 g/mol. The van der Waals surface area contributed by atoms with Gasteiger partial charge in [-0.1, -0.05) is 39.0 Å². The Morgan fingerprint density at radius 1 is 1.14 bits per heavy atom. The smallest absolute Gasteiger partial charge is 0.225 e. The summed E-state index contributed by atoms with van der Waals surface area (Å²) in [4.78, 5) is 13.9. The highest BCUT2D eigenvalue weighted by molar-refractivity contribution is 5.79. The van der Waals surface area contributed by atoms with Crippen molar-refractivity contribution in [3.63, 3.8) is 0 Å². The van der Waals surface area contributed by atoms with Crippen molar-refractivity contribution < 1.29 is 22.4 Å². The molecule has 150 valence electrons. The van der Waals surface area contributed by atoms with Gasteiger partial charge < -0.3 is 4.90 Å². The molecule has 6 heteroatoms. The number of benzene rings is 2. The van der Waals surface area contributed by atoms with E-state index in [-0.39, 0.29) is 41.5 Å². The number of carbonyl (C=O) groups is 1. The van der Waals surface area contributed by atoms with E-state index in [2.05, 4.69) is 0 Å². The maximum atomic E-state index is 15.1. The van der Waals surface area contributed by atoms with E-state index >= 15 is 4.39 Å². The second kappa shape index (κ2) is 7.94. The summed E-state index contributed by atoms with van der Waals surface area (Å²) in [5.74, 6) is -3.00. The van der Waals surface area contributed by atoms with Gasteiger partial charge in [-0.3, -0.25) is 4.79 Å². The first kappa shape index (κ1) is 20.4. The molecule has 0 radical (unpaired) electrons. The van der Waals surface area contributed by atoms with Crippen LogP contribution in [0.15, 0.2) is 36.4 Å². The highest BCUT2D eigenvalue weighted by atomic mass is 19.1. The van der Waals surface area contributed by atoms with E-state index in [4.69, 9.17) is 0 Å². The molecule has 0 aromatic heterocycles. The summed E-state index contributed by atoms with van der Waals surface area (Å²) in [6, 6.07) is 6.84. The molecule has 0 saturated carbocycles. The number of alkyl halides is 1. The van der Waals surface area contributed by atoms with Gasteiger partial charge in [0.1, 0.15) is 23.6 Å². The van der Waals surface area contributed by atoms with Crippen LogP contribution in [0.5, 0.6) is 0 Å². The Morgan fingerprint density at radius 2 is 1.86 bits per heavy atom. The maximum absolute atomic E-state index is 15.1. The molecule has 1 aliphatic heterocycles. The van der Waals surface area contributed by atoms with Crippen molar-refractivity contribution in [2.75, 3.05) is 6.54 Å². The molecule has 1 aliphatic rings. The number of likely N-dealkylation sites (tertiary alicyclic amines) is 1. The predicted octanol–water partition coefficient (Wildman–Crippen LogP) is 5.15. The minimum atomic E-state index is -1.18. The fourth-order valence-corrected chi connectivity index (χ4v) is 3.77. The monoisotopic (exact) mass is 393 g/mol. The van der Waals surface area contributed by atoms with E-state index in [1.807, 2.05) is 0 Å². The summed E-state index contributed by atoms with van der Waals surface area (Å²) in [5.41, 5.74) is 0.0182. The van der Waals surface area contributed by atoms with Crippen molar-refractivity contribution >= 4 is 5.91 Å². The van der Waals surface area contributed by atoms with E-state index in [0.29, 0.717) is 0 Å². The van der Waals surface area contributed by atoms with Crippen LogP contribution in [0.25, 0.3) is 11.1 Å². The van der Waals surface area contributed by atoms with Crippen LogP contribution < -0.4 is 0 Å². The average Bonchev–Trinajstić information content (AvgIpc) is 2.93. The highest BCUT2D eigenvalue weighted by Crippen LogP contribution is 2.33. The van der Waals surface area contributed by atoms with Gasteiger partial charge >= 0.3 is 0 Å². The Bertz CT molecular complexity index is 883. The molecule has 1 saturated heterocycles. The lowest BCUT2D eigenvalue weighted by atomic mass is 9.92. The third-order valence-corrected chi connectivity index (χ3v) is 5.45. The number of hydrogen-bond donors (Lipinski definition) is 0. The Morgan fingerprint density at radius 3 is 2.54 bits per heavy atom. The van der Waals surface area contributed by atoms with Gasteiger partial charge in [-0.15, -0.1) is 0 Å². The van der Waals surface area contributed by atoms with Crippen molar-refractivity contribution in [2.24, 2.45) is 11.8 Å². The molecule has 0 aliphatic carbocycles. The van der Waals surface area contributed by atoms with Crippen LogP contribution in [0.4, 0.5) is 17.6 Å². The second-order valence-electron chi connectivity index (χ2n) is 7.69. The first-order valence-electron chi connectivity index (χ1n) is 9.38. The van der Waals surface area contributed by atoms with Crippen LogP contribution >= 0.6 is 0 Å². The first-order chi connectivity index (χ1) is 13.2. The summed E-state index contributed by atoms with van der Waals surface area (Å²) in [6.45, 7) is 5.17. The van der Waals surface area contributed by atoms with Crippen LogP contribution in [0.1, 0.15) is 26.3 Å². The minimum absolute atomic E-state index is 0.0112. The van der Waals surface area contributed by atoms with Gasteiger partial charge in [0, 0.05) is 29.0 Å². The molecule has 0 N–H and O–H groups in total. The predicted molar refractivity (Wildman–Crippen MR) is 99.9 cm³/mol. The molecule has 2 aromatic rings. The quantitative estimate of drug-likeness (QED) is 0.658. The summed E-state index contributed by atoms with van der Waals surface area (Å²) < 4.78 is 57.1. The molecule has 0 spiro atoms. The normalized spacial score (nSPS) is 22.1. The standard InChI is InChI=1S/C22H23F4NO/c1-12(2)22(28)27-11-19(25)13(3)20(27)9-14-5-4-6-16(21(14)26)17-10-15(23)7-8-18(17)24/h4-8,10,12-13,19-20H,9,11H2,1-3H3/t13-,19-,20-/m0/s1. The van der Waals surface area contributed by atoms with Gasteiger partial charge in [0.05, 0.1) is 6.54 Å². The number of carbonyl (C=O) groups excluding carboxylic acids is 1. The Balaban J connectivity index is 1.96. The number of amides is 1. The summed E-state index contributed by atoms with van der Waals surface area (Å²) in [7, 11) is 0. The van der Waals surface area contributed by atoms with E-state index in [1.54, 1.807) is 26.8 Å². The molecule has 3 atom stereocenters. The SMILES string of the molecule is CC(C)C(=O)N1C[C@H](F)[C@H](C)[C@@H]1Cc1cccc(-c2cc(F)ccc2F)c1F.